The van der Waals surface area contributed by atoms with Crippen molar-refractivity contribution < 1.29 is 36.0 Å². The zero-order chi connectivity index (χ0) is 21.5. The Kier molecular flexibility index (Phi) is 28.0. The van der Waals surface area contributed by atoms with Crippen molar-refractivity contribution in [1.82, 2.24) is 0 Å². The molecular weight excluding hydrogens is 447 g/mol. The number of unbranched alkanes of at least 4 members (excludes halogenated alkanes) is 4. The van der Waals surface area contributed by atoms with Gasteiger partial charge in [-0.2, -0.15) is 26.7 Å². The molecule has 2 aromatic carbocycles. The Balaban J connectivity index is 0. The monoisotopic (exact) mass is 484 g/mol. The minimum atomic E-state index is 0. The summed E-state index contributed by atoms with van der Waals surface area (Å²) < 4.78 is 21.4. The van der Waals surface area contributed by atoms with Crippen LogP contribution in [0.3, 0.4) is 0 Å². The van der Waals surface area contributed by atoms with Crippen LogP contribution >= 0.6 is 0 Å². The van der Waals surface area contributed by atoms with Crippen LogP contribution in [0.5, 0.6) is 0 Å². The molecule has 0 saturated heterocycles. The number of ether oxygens (including phenoxy) is 4. The van der Waals surface area contributed by atoms with Crippen molar-refractivity contribution in [3.05, 3.63) is 84.6 Å². The first-order chi connectivity index (χ1) is 14.9. The summed E-state index contributed by atoms with van der Waals surface area (Å²) in [6.07, 6.45) is 8.66. The number of hydrogen-bond donors (Lipinski definition) is 0. The van der Waals surface area contributed by atoms with Gasteiger partial charge in [-0.15, -0.1) is 0 Å². The summed E-state index contributed by atoms with van der Waals surface area (Å²) in [5.74, 6) is 0. The molecule has 178 valence electrons. The molecule has 0 aliphatic rings. The predicted molar refractivity (Wildman–Crippen MR) is 128 cm³/mol. The van der Waals surface area contributed by atoms with E-state index >= 15 is 0 Å². The third-order valence-corrected chi connectivity index (χ3v) is 4.12. The molecule has 0 fully saturated rings. The third kappa shape index (κ3) is 21.3. The van der Waals surface area contributed by atoms with Crippen LogP contribution in [0, 0.1) is 12.8 Å². The molecule has 0 aromatic heterocycles. The Morgan fingerprint density at radius 3 is 1.31 bits per heavy atom. The van der Waals surface area contributed by atoms with Crippen LogP contribution in [0.1, 0.15) is 50.7 Å². The number of rotatable bonds is 16. The fourth-order valence-corrected chi connectivity index (χ4v) is 2.48. The van der Waals surface area contributed by atoms with E-state index in [1.807, 2.05) is 60.7 Å². The number of benzene rings is 2. The molecule has 0 atom stereocenters. The molecule has 0 N–H and O–H groups in total. The maximum atomic E-state index is 5.37. The first-order valence-electron chi connectivity index (χ1n) is 10.8. The Bertz CT molecular complexity index is 533. The van der Waals surface area contributed by atoms with Gasteiger partial charge in [0.2, 0.25) is 0 Å². The van der Waals surface area contributed by atoms with Crippen LogP contribution < -0.4 is 0 Å². The second-order valence-electron chi connectivity index (χ2n) is 6.82. The predicted octanol–water partition coefficient (Wildman–Crippen LogP) is 5.98. The molecule has 32 heavy (non-hydrogen) atoms. The summed E-state index contributed by atoms with van der Waals surface area (Å²) in [6.45, 7) is 7.70. The van der Waals surface area contributed by atoms with Crippen LogP contribution in [0.15, 0.2) is 60.7 Å². The fourth-order valence-electron chi connectivity index (χ4n) is 2.48. The van der Waals surface area contributed by atoms with Crippen LogP contribution in [-0.4, -0.2) is 45.7 Å². The molecule has 2 radical (unpaired) electrons. The van der Waals surface area contributed by atoms with Gasteiger partial charge in [0.1, 0.15) is 13.6 Å². The zero-order valence-corrected chi connectivity index (χ0v) is 20.9. The van der Waals surface area contributed by atoms with E-state index < -0.39 is 0 Å². The van der Waals surface area contributed by atoms with E-state index in [4.69, 9.17) is 18.9 Å². The van der Waals surface area contributed by atoms with Gasteiger partial charge in [-0.05, 0) is 11.1 Å². The van der Waals surface area contributed by atoms with E-state index in [0.717, 1.165) is 38.9 Å². The van der Waals surface area contributed by atoms with Gasteiger partial charge in [0, 0.05) is 32.1 Å². The van der Waals surface area contributed by atoms with Gasteiger partial charge < -0.3 is 31.8 Å². The van der Waals surface area contributed by atoms with Crippen LogP contribution in [-0.2, 0) is 49.2 Å². The largest absolute Gasteiger partial charge is 2.00 e. The molecule has 0 aliphatic heterocycles. The van der Waals surface area contributed by atoms with Gasteiger partial charge in [-0.3, -0.25) is 0 Å². The molecule has 0 heterocycles. The van der Waals surface area contributed by atoms with Crippen molar-refractivity contribution in [1.29, 1.82) is 0 Å². The molecule has 0 bridgehead atoms. The zero-order valence-electron chi connectivity index (χ0n) is 19.9. The summed E-state index contributed by atoms with van der Waals surface area (Å²) in [5.41, 5.74) is 2.37. The topological polar surface area (TPSA) is 36.9 Å². The van der Waals surface area contributed by atoms with Gasteiger partial charge in [0.15, 0.2) is 0 Å². The Hall–Kier alpha value is -0.603. The van der Waals surface area contributed by atoms with Crippen LogP contribution in [0.2, 0.25) is 0 Å². The fraction of sp³-hybridized carbons (Fsp3) is 0.462. The van der Waals surface area contributed by atoms with E-state index in [1.54, 1.807) is 0 Å². The maximum Gasteiger partial charge on any atom is 2.00 e. The van der Waals surface area contributed by atoms with E-state index in [9.17, 15) is 0 Å². The molecule has 0 saturated carbocycles. The van der Waals surface area contributed by atoms with E-state index in [-0.39, 0.29) is 35.9 Å². The summed E-state index contributed by atoms with van der Waals surface area (Å²) >= 11 is 0. The number of hydrogen-bond acceptors (Lipinski definition) is 4. The Labute approximate surface area is 218 Å². The molecule has 2 rings (SSSR count). The second-order valence-corrected chi connectivity index (χ2v) is 6.82. The van der Waals surface area contributed by atoms with Crippen molar-refractivity contribution in [2.24, 2.45) is 0 Å². The molecule has 0 unspecified atom stereocenters. The van der Waals surface area contributed by atoms with Crippen LogP contribution in [0.4, 0.5) is 0 Å². The standard InChI is InChI=1S/2C13H19O2.Cu.Li/c2*1-2-3-7-10-14-12-15-11-13-8-5-4-6-9-13;;/h2*2,4-6,8-9H,3,7,10-12H2,1H3;;/q2*-1;+2;. The molecule has 0 aliphatic carbocycles. The van der Waals surface area contributed by atoms with Gasteiger partial charge in [-0.25, -0.2) is 0 Å². The SMILES string of the molecule is C[CH-]CCCOCOCc1ccccc1.C[CH-]CCCOCOCc1ccccc1.[Cu+2].[Li]. The summed E-state index contributed by atoms with van der Waals surface area (Å²) in [4.78, 5) is 0. The molecular formula is C26H38CuLiO4. The van der Waals surface area contributed by atoms with Gasteiger partial charge in [0.25, 0.3) is 0 Å². The van der Waals surface area contributed by atoms with E-state index in [1.165, 1.54) is 11.1 Å². The quantitative estimate of drug-likeness (QED) is 0.127. The summed E-state index contributed by atoms with van der Waals surface area (Å²) in [6, 6.07) is 20.2. The summed E-state index contributed by atoms with van der Waals surface area (Å²) in [7, 11) is 0. The van der Waals surface area contributed by atoms with Crippen LogP contribution in [0.25, 0.3) is 0 Å². The van der Waals surface area contributed by atoms with Gasteiger partial charge in [-0.1, -0.05) is 73.5 Å². The smallest absolute Gasteiger partial charge is 0.356 e. The average molecular weight is 485 g/mol. The first-order valence-corrected chi connectivity index (χ1v) is 10.8. The molecule has 0 spiro atoms. The van der Waals surface area contributed by atoms with Crippen molar-refractivity contribution in [3.63, 3.8) is 0 Å². The third-order valence-electron chi connectivity index (χ3n) is 4.12. The van der Waals surface area contributed by atoms with Crippen molar-refractivity contribution >= 4 is 18.9 Å². The minimum absolute atomic E-state index is 0. The molecule has 6 heteroatoms. The van der Waals surface area contributed by atoms with E-state index in [2.05, 4.69) is 26.7 Å². The normalized spacial score (nSPS) is 9.81. The van der Waals surface area contributed by atoms with Gasteiger partial charge >= 0.3 is 17.1 Å². The van der Waals surface area contributed by atoms with E-state index in [0.29, 0.717) is 26.8 Å². The van der Waals surface area contributed by atoms with Crippen molar-refractivity contribution in [2.45, 2.75) is 52.7 Å². The molecule has 0 amide bonds. The van der Waals surface area contributed by atoms with Crippen molar-refractivity contribution in [2.75, 3.05) is 26.8 Å². The first kappa shape index (κ1) is 33.6. The second kappa shape index (κ2) is 26.6. The van der Waals surface area contributed by atoms with Crippen molar-refractivity contribution in [3.8, 4) is 0 Å². The minimum Gasteiger partial charge on any atom is -0.356 e. The summed E-state index contributed by atoms with van der Waals surface area (Å²) in [5, 5.41) is 0. The Morgan fingerprint density at radius 1 is 0.594 bits per heavy atom. The molecule has 4 nitrogen and oxygen atoms in total. The maximum absolute atomic E-state index is 5.37. The van der Waals surface area contributed by atoms with Gasteiger partial charge in [0.05, 0.1) is 13.2 Å². The average Bonchev–Trinajstić information content (AvgIpc) is 2.80. The molecule has 2 aromatic rings. The Morgan fingerprint density at radius 2 is 0.969 bits per heavy atom.